The van der Waals surface area contributed by atoms with Crippen LogP contribution >= 0.6 is 0 Å². The van der Waals surface area contributed by atoms with Crippen LogP contribution in [-0.4, -0.2) is 41.1 Å². The molecule has 6 heteroatoms. The topological polar surface area (TPSA) is 66.8 Å². The number of ether oxygens (including phenoxy) is 1. The fourth-order valence-corrected chi connectivity index (χ4v) is 1.41. The second-order valence-electron chi connectivity index (χ2n) is 5.04. The molecule has 1 aromatic rings. The minimum absolute atomic E-state index is 0.0279. The molecule has 0 unspecified atom stereocenters. The smallest absolute Gasteiger partial charge is 0.329 e. The summed E-state index contributed by atoms with van der Waals surface area (Å²) >= 11 is 0. The number of hydrogen-bond acceptors (Lipinski definition) is 3. The minimum Gasteiger partial charge on any atom is -0.481 e. The molecule has 1 amide bonds. The number of carbonyl (C=O) groups excluding carboxylic acids is 1. The summed E-state index contributed by atoms with van der Waals surface area (Å²) in [5.74, 6) is -2.27. The highest BCUT2D eigenvalue weighted by atomic mass is 19.1. The second kappa shape index (κ2) is 5.90. The number of nitrogens with zero attached hydrogens (tertiary/aromatic N) is 1. The van der Waals surface area contributed by atoms with Gasteiger partial charge in [-0.1, -0.05) is 6.07 Å². The van der Waals surface area contributed by atoms with Crippen molar-refractivity contribution in [3.05, 3.63) is 29.6 Å². The van der Waals surface area contributed by atoms with E-state index in [4.69, 9.17) is 9.84 Å². The van der Waals surface area contributed by atoms with Crippen molar-refractivity contribution >= 4 is 11.9 Å². The van der Waals surface area contributed by atoms with Crippen molar-refractivity contribution in [1.82, 2.24) is 4.90 Å². The van der Waals surface area contributed by atoms with E-state index in [1.807, 2.05) is 0 Å². The van der Waals surface area contributed by atoms with Crippen molar-refractivity contribution < 1.29 is 23.8 Å². The van der Waals surface area contributed by atoms with E-state index in [2.05, 4.69) is 0 Å². The molecule has 0 heterocycles. The van der Waals surface area contributed by atoms with Crippen LogP contribution < -0.4 is 4.74 Å². The molecule has 110 valence electrons. The maximum absolute atomic E-state index is 13.4. The molecular formula is C14H18FNO4. The van der Waals surface area contributed by atoms with Gasteiger partial charge in [0.15, 0.2) is 18.2 Å². The van der Waals surface area contributed by atoms with Gasteiger partial charge in [0.05, 0.1) is 0 Å². The van der Waals surface area contributed by atoms with E-state index in [1.54, 1.807) is 13.0 Å². The summed E-state index contributed by atoms with van der Waals surface area (Å²) in [5.41, 5.74) is -0.556. The van der Waals surface area contributed by atoms with Gasteiger partial charge in [-0.2, -0.15) is 0 Å². The van der Waals surface area contributed by atoms with E-state index in [1.165, 1.54) is 33.0 Å². The van der Waals surface area contributed by atoms with Crippen LogP contribution in [0.25, 0.3) is 0 Å². The maximum Gasteiger partial charge on any atom is 0.329 e. The van der Waals surface area contributed by atoms with Gasteiger partial charge in [0.2, 0.25) is 0 Å². The lowest BCUT2D eigenvalue weighted by atomic mass is 10.0. The van der Waals surface area contributed by atoms with Gasteiger partial charge < -0.3 is 14.7 Å². The van der Waals surface area contributed by atoms with Gasteiger partial charge in [0, 0.05) is 7.05 Å². The molecule has 0 bridgehead atoms. The Morgan fingerprint density at radius 2 is 2.00 bits per heavy atom. The first-order valence-corrected chi connectivity index (χ1v) is 6.05. The Morgan fingerprint density at radius 1 is 1.40 bits per heavy atom. The van der Waals surface area contributed by atoms with Gasteiger partial charge in [-0.25, -0.2) is 9.18 Å². The highest BCUT2D eigenvalue weighted by Crippen LogP contribution is 2.19. The van der Waals surface area contributed by atoms with E-state index in [0.29, 0.717) is 0 Å². The largest absolute Gasteiger partial charge is 0.481 e. The number of benzene rings is 1. The second-order valence-corrected chi connectivity index (χ2v) is 5.04. The van der Waals surface area contributed by atoms with Crippen molar-refractivity contribution in [3.8, 4) is 5.75 Å². The number of halogens is 1. The molecule has 0 atom stereocenters. The number of carboxylic acids is 1. The van der Waals surface area contributed by atoms with E-state index in [0.717, 1.165) is 10.5 Å². The Balaban J connectivity index is 2.73. The van der Waals surface area contributed by atoms with Gasteiger partial charge in [-0.3, -0.25) is 4.79 Å². The van der Waals surface area contributed by atoms with E-state index < -0.39 is 29.8 Å². The van der Waals surface area contributed by atoms with Crippen molar-refractivity contribution in [2.24, 2.45) is 0 Å². The molecule has 0 fully saturated rings. The zero-order valence-corrected chi connectivity index (χ0v) is 11.9. The third-order valence-electron chi connectivity index (χ3n) is 3.17. The van der Waals surface area contributed by atoms with Crippen molar-refractivity contribution in [2.75, 3.05) is 13.7 Å². The molecular weight excluding hydrogens is 265 g/mol. The van der Waals surface area contributed by atoms with Crippen LogP contribution in [0.5, 0.6) is 5.75 Å². The Hall–Kier alpha value is -2.11. The van der Waals surface area contributed by atoms with Gasteiger partial charge in [0.25, 0.3) is 5.91 Å². The van der Waals surface area contributed by atoms with Gasteiger partial charge in [-0.15, -0.1) is 0 Å². The summed E-state index contributed by atoms with van der Waals surface area (Å²) in [6.07, 6.45) is 0. The van der Waals surface area contributed by atoms with E-state index >= 15 is 0 Å². The summed E-state index contributed by atoms with van der Waals surface area (Å²) in [6, 6.07) is 4.31. The monoisotopic (exact) mass is 283 g/mol. The van der Waals surface area contributed by atoms with Crippen LogP contribution in [0, 0.1) is 12.7 Å². The highest BCUT2D eigenvalue weighted by molar-refractivity contribution is 5.86. The highest BCUT2D eigenvalue weighted by Gasteiger charge is 2.35. The standard InChI is InChI=1S/C14H18FNO4/c1-9-5-6-10(15)11(7-9)20-8-12(17)16(4)14(2,3)13(18)19/h5-7H,8H2,1-4H3,(H,18,19). The van der Waals surface area contributed by atoms with Crippen molar-refractivity contribution in [3.63, 3.8) is 0 Å². The fraction of sp³-hybridized carbons (Fsp3) is 0.429. The fourth-order valence-electron chi connectivity index (χ4n) is 1.41. The van der Waals surface area contributed by atoms with E-state index in [-0.39, 0.29) is 5.75 Å². The number of likely N-dealkylation sites (N-methyl/N-ethyl adjacent to an activating group) is 1. The summed E-state index contributed by atoms with van der Waals surface area (Å²) in [4.78, 5) is 24.0. The number of carboxylic acid groups (broad SMARTS) is 1. The molecule has 0 aliphatic carbocycles. The molecule has 0 saturated carbocycles. The van der Waals surface area contributed by atoms with Crippen LogP contribution in [0.1, 0.15) is 19.4 Å². The van der Waals surface area contributed by atoms with Crippen LogP contribution in [0.2, 0.25) is 0 Å². The minimum atomic E-state index is -1.36. The SMILES string of the molecule is Cc1ccc(F)c(OCC(=O)N(C)C(C)(C)C(=O)O)c1. The number of aliphatic carboxylic acids is 1. The lowest BCUT2D eigenvalue weighted by Gasteiger charge is -2.31. The number of hydrogen-bond donors (Lipinski definition) is 1. The molecule has 0 radical (unpaired) electrons. The average molecular weight is 283 g/mol. The summed E-state index contributed by atoms with van der Waals surface area (Å²) in [5, 5.41) is 9.03. The lowest BCUT2D eigenvalue weighted by molar-refractivity contribution is -0.156. The molecule has 0 aliphatic rings. The Labute approximate surface area is 117 Å². The first-order valence-electron chi connectivity index (χ1n) is 6.05. The number of aryl methyl sites for hydroxylation is 1. The van der Waals surface area contributed by atoms with Crippen LogP contribution in [0.3, 0.4) is 0 Å². The molecule has 0 spiro atoms. The van der Waals surface area contributed by atoms with Crippen molar-refractivity contribution in [1.29, 1.82) is 0 Å². The van der Waals surface area contributed by atoms with Crippen LogP contribution in [0.15, 0.2) is 18.2 Å². The number of amides is 1. The number of carbonyl (C=O) groups is 2. The van der Waals surface area contributed by atoms with Gasteiger partial charge >= 0.3 is 5.97 Å². The molecule has 5 nitrogen and oxygen atoms in total. The molecule has 1 N–H and O–H groups in total. The summed E-state index contributed by atoms with van der Waals surface area (Å²) < 4.78 is 18.6. The predicted octanol–water partition coefficient (Wildman–Crippen LogP) is 1.83. The van der Waals surface area contributed by atoms with Gasteiger partial charge in [0.1, 0.15) is 5.54 Å². The van der Waals surface area contributed by atoms with Crippen LogP contribution in [-0.2, 0) is 9.59 Å². The summed E-state index contributed by atoms with van der Waals surface area (Å²) in [6.45, 7) is 4.16. The zero-order chi connectivity index (χ0) is 15.5. The normalized spacial score (nSPS) is 11.1. The Morgan fingerprint density at radius 3 is 2.55 bits per heavy atom. The zero-order valence-electron chi connectivity index (χ0n) is 11.9. The number of rotatable bonds is 5. The third-order valence-corrected chi connectivity index (χ3v) is 3.17. The van der Waals surface area contributed by atoms with E-state index in [9.17, 15) is 14.0 Å². The van der Waals surface area contributed by atoms with Gasteiger partial charge in [-0.05, 0) is 38.5 Å². The molecule has 20 heavy (non-hydrogen) atoms. The first kappa shape index (κ1) is 15.9. The third kappa shape index (κ3) is 3.46. The quantitative estimate of drug-likeness (QED) is 0.895. The predicted molar refractivity (Wildman–Crippen MR) is 71.1 cm³/mol. The first-order chi connectivity index (χ1) is 9.16. The Kier molecular flexibility index (Phi) is 4.70. The molecule has 0 aromatic heterocycles. The maximum atomic E-state index is 13.4. The molecule has 0 saturated heterocycles. The average Bonchev–Trinajstić information content (AvgIpc) is 2.38. The molecule has 1 rings (SSSR count). The molecule has 1 aromatic carbocycles. The Bertz CT molecular complexity index is 528. The van der Waals surface area contributed by atoms with Crippen molar-refractivity contribution in [2.45, 2.75) is 26.3 Å². The lowest BCUT2D eigenvalue weighted by Crippen LogP contribution is -2.52. The van der Waals surface area contributed by atoms with Crippen LogP contribution in [0.4, 0.5) is 4.39 Å². The summed E-state index contributed by atoms with van der Waals surface area (Å²) in [7, 11) is 1.37. The molecule has 0 aliphatic heterocycles.